The molecule has 9 nitrogen and oxygen atoms in total. The van der Waals surface area contributed by atoms with Crippen molar-refractivity contribution >= 4 is 21.6 Å². The molecule has 0 bridgehead atoms. The number of hydrogen-bond donors (Lipinski definition) is 0. The lowest BCUT2D eigenvalue weighted by Crippen LogP contribution is -2.41. The molecule has 1 amide bonds. The number of carbonyl (C=O) groups excluding carboxylic acids is 1. The lowest BCUT2D eigenvalue weighted by molar-refractivity contribution is 0.0299. The van der Waals surface area contributed by atoms with E-state index in [1.54, 1.807) is 11.1 Å². The van der Waals surface area contributed by atoms with Crippen molar-refractivity contribution in [2.45, 2.75) is 11.3 Å². The van der Waals surface area contributed by atoms with Gasteiger partial charge in [0, 0.05) is 38.1 Å². The molecule has 0 spiro atoms. The van der Waals surface area contributed by atoms with E-state index in [0.717, 1.165) is 0 Å². The second kappa shape index (κ2) is 6.99. The predicted molar refractivity (Wildman–Crippen MR) is 99.5 cm³/mol. The first-order valence-electron chi connectivity index (χ1n) is 9.19. The van der Waals surface area contributed by atoms with Crippen LogP contribution < -0.4 is 4.90 Å². The Morgan fingerprint density at radius 1 is 1.22 bits per heavy atom. The standard InChI is InChI=1S/C17H25N5O4S/c1-20(2)14-11-27(24,25)15-10-22(9-12(14)15)16-8-18-7-13(19-16)17(23)21-3-5-26-6-4-21/h7-8,12,14-15H,3-6,9-11H2,1-2H3/t12-,14+,15-/m0/s1. The second-order valence-corrected chi connectivity index (χ2v) is 9.90. The number of carbonyl (C=O) groups is 1. The molecule has 0 aromatic carbocycles. The maximum Gasteiger partial charge on any atom is 0.274 e. The first kappa shape index (κ1) is 18.6. The first-order chi connectivity index (χ1) is 12.9. The van der Waals surface area contributed by atoms with Crippen LogP contribution in [0.25, 0.3) is 0 Å². The summed E-state index contributed by atoms with van der Waals surface area (Å²) >= 11 is 0. The van der Waals surface area contributed by atoms with E-state index in [1.165, 1.54) is 6.20 Å². The Morgan fingerprint density at radius 2 is 1.96 bits per heavy atom. The molecule has 10 heteroatoms. The van der Waals surface area contributed by atoms with Crippen molar-refractivity contribution in [2.24, 2.45) is 5.92 Å². The summed E-state index contributed by atoms with van der Waals surface area (Å²) in [5.41, 5.74) is 0.290. The molecular formula is C17H25N5O4S. The summed E-state index contributed by atoms with van der Waals surface area (Å²) < 4.78 is 30.4. The molecule has 3 aliphatic rings. The fraction of sp³-hybridized carbons (Fsp3) is 0.706. The molecule has 4 rings (SSSR count). The SMILES string of the molecule is CN(C)[C@@H]1CS(=O)(=O)[C@H]2CN(c3cncc(C(=O)N4CCOCC4)n3)C[C@@H]12. The molecule has 0 aliphatic carbocycles. The second-order valence-electron chi connectivity index (χ2n) is 7.63. The Morgan fingerprint density at radius 3 is 2.67 bits per heavy atom. The third-order valence-electron chi connectivity index (χ3n) is 5.79. The minimum Gasteiger partial charge on any atom is -0.378 e. The highest BCUT2D eigenvalue weighted by atomic mass is 32.2. The Kier molecular flexibility index (Phi) is 4.81. The van der Waals surface area contributed by atoms with Gasteiger partial charge in [-0.15, -0.1) is 0 Å². The van der Waals surface area contributed by atoms with Gasteiger partial charge in [0.25, 0.3) is 5.91 Å². The maximum atomic E-state index is 12.7. The van der Waals surface area contributed by atoms with E-state index in [-0.39, 0.29) is 28.9 Å². The number of aromatic nitrogens is 2. The van der Waals surface area contributed by atoms with Crippen molar-refractivity contribution in [3.63, 3.8) is 0 Å². The van der Waals surface area contributed by atoms with Crippen LogP contribution in [0.3, 0.4) is 0 Å². The zero-order chi connectivity index (χ0) is 19.2. The molecule has 0 saturated carbocycles. The Labute approximate surface area is 159 Å². The number of hydrogen-bond acceptors (Lipinski definition) is 8. The molecule has 0 N–H and O–H groups in total. The van der Waals surface area contributed by atoms with E-state index in [2.05, 4.69) is 9.97 Å². The summed E-state index contributed by atoms with van der Waals surface area (Å²) in [4.78, 5) is 27.0. The van der Waals surface area contributed by atoms with E-state index in [0.29, 0.717) is 50.9 Å². The average molecular weight is 395 g/mol. The molecule has 1 aromatic rings. The number of fused-ring (bicyclic) bond motifs is 1. The third kappa shape index (κ3) is 3.41. The molecule has 3 fully saturated rings. The summed E-state index contributed by atoms with van der Waals surface area (Å²) in [7, 11) is 0.723. The van der Waals surface area contributed by atoms with Gasteiger partial charge < -0.3 is 19.4 Å². The fourth-order valence-corrected chi connectivity index (χ4v) is 6.77. The highest BCUT2D eigenvalue weighted by Crippen LogP contribution is 2.37. The van der Waals surface area contributed by atoms with E-state index < -0.39 is 9.84 Å². The van der Waals surface area contributed by atoms with Gasteiger partial charge in [-0.25, -0.2) is 13.4 Å². The van der Waals surface area contributed by atoms with Gasteiger partial charge in [-0.05, 0) is 14.1 Å². The number of morpholine rings is 1. The van der Waals surface area contributed by atoms with Gasteiger partial charge in [0.2, 0.25) is 0 Å². The van der Waals surface area contributed by atoms with Crippen LogP contribution in [0, 0.1) is 5.92 Å². The van der Waals surface area contributed by atoms with E-state index >= 15 is 0 Å². The number of anilines is 1. The number of amides is 1. The van der Waals surface area contributed by atoms with Crippen molar-refractivity contribution in [1.29, 1.82) is 0 Å². The van der Waals surface area contributed by atoms with Crippen LogP contribution in [0.1, 0.15) is 10.5 Å². The lowest BCUT2D eigenvalue weighted by Gasteiger charge is -2.27. The van der Waals surface area contributed by atoms with Crippen molar-refractivity contribution in [2.75, 3.05) is 64.1 Å². The predicted octanol–water partition coefficient (Wildman–Crippen LogP) is -0.888. The molecule has 3 aliphatic heterocycles. The maximum absolute atomic E-state index is 12.7. The van der Waals surface area contributed by atoms with Crippen LogP contribution >= 0.6 is 0 Å². The number of rotatable bonds is 3. The zero-order valence-corrected chi connectivity index (χ0v) is 16.4. The molecule has 4 heterocycles. The normalized spacial score (nSPS) is 30.0. The molecule has 148 valence electrons. The summed E-state index contributed by atoms with van der Waals surface area (Å²) in [6.07, 6.45) is 3.08. The van der Waals surface area contributed by atoms with Crippen LogP contribution in [0.2, 0.25) is 0 Å². The summed E-state index contributed by atoms with van der Waals surface area (Å²) in [6.45, 7) is 3.15. The van der Waals surface area contributed by atoms with Crippen molar-refractivity contribution in [3.05, 3.63) is 18.1 Å². The summed E-state index contributed by atoms with van der Waals surface area (Å²) in [5.74, 6) is 0.664. The number of sulfone groups is 1. The Balaban J connectivity index is 1.54. The van der Waals surface area contributed by atoms with Crippen LogP contribution in [-0.2, 0) is 14.6 Å². The number of ether oxygens (including phenoxy) is 1. The van der Waals surface area contributed by atoms with Gasteiger partial charge in [-0.1, -0.05) is 0 Å². The Bertz CT molecular complexity index is 824. The highest BCUT2D eigenvalue weighted by Gasteiger charge is 2.53. The van der Waals surface area contributed by atoms with E-state index in [1.807, 2.05) is 23.9 Å². The lowest BCUT2D eigenvalue weighted by atomic mass is 10.00. The van der Waals surface area contributed by atoms with Crippen LogP contribution in [0.15, 0.2) is 12.4 Å². The monoisotopic (exact) mass is 395 g/mol. The van der Waals surface area contributed by atoms with Crippen LogP contribution in [0.4, 0.5) is 5.82 Å². The van der Waals surface area contributed by atoms with Crippen LogP contribution in [0.5, 0.6) is 0 Å². The molecule has 27 heavy (non-hydrogen) atoms. The molecule has 1 aromatic heterocycles. The van der Waals surface area contributed by atoms with Crippen molar-refractivity contribution in [3.8, 4) is 0 Å². The van der Waals surface area contributed by atoms with E-state index in [4.69, 9.17) is 4.74 Å². The van der Waals surface area contributed by atoms with Crippen molar-refractivity contribution < 1.29 is 17.9 Å². The van der Waals surface area contributed by atoms with Gasteiger partial charge in [-0.3, -0.25) is 9.78 Å². The topological polar surface area (TPSA) is 95.9 Å². The molecule has 3 atom stereocenters. The number of nitrogens with zero attached hydrogens (tertiary/aromatic N) is 5. The smallest absolute Gasteiger partial charge is 0.274 e. The molecule has 0 radical (unpaired) electrons. The van der Waals surface area contributed by atoms with Gasteiger partial charge >= 0.3 is 0 Å². The quantitative estimate of drug-likeness (QED) is 0.651. The minimum absolute atomic E-state index is 0.0103. The van der Waals surface area contributed by atoms with Gasteiger partial charge in [0.05, 0.1) is 36.6 Å². The largest absolute Gasteiger partial charge is 0.378 e. The first-order valence-corrected chi connectivity index (χ1v) is 10.9. The van der Waals surface area contributed by atoms with E-state index in [9.17, 15) is 13.2 Å². The fourth-order valence-electron chi connectivity index (χ4n) is 4.29. The van der Waals surface area contributed by atoms with Gasteiger partial charge in [0.15, 0.2) is 9.84 Å². The summed E-state index contributed by atoms with van der Waals surface area (Å²) in [5, 5.41) is -0.384. The van der Waals surface area contributed by atoms with Gasteiger partial charge in [0.1, 0.15) is 11.5 Å². The molecular weight excluding hydrogens is 370 g/mol. The highest BCUT2D eigenvalue weighted by molar-refractivity contribution is 7.92. The zero-order valence-electron chi connectivity index (χ0n) is 15.6. The Hall–Kier alpha value is -1.78. The van der Waals surface area contributed by atoms with Crippen LogP contribution in [-0.4, -0.2) is 105 Å². The molecule has 3 saturated heterocycles. The summed E-state index contributed by atoms with van der Waals surface area (Å²) in [6, 6.07) is 0.0103. The molecule has 0 unspecified atom stereocenters. The van der Waals surface area contributed by atoms with Gasteiger partial charge in [-0.2, -0.15) is 0 Å². The average Bonchev–Trinajstić information content (AvgIpc) is 3.21. The third-order valence-corrected chi connectivity index (χ3v) is 8.02. The minimum atomic E-state index is -3.12. The van der Waals surface area contributed by atoms with Crippen molar-refractivity contribution in [1.82, 2.24) is 19.8 Å².